The Morgan fingerprint density at radius 2 is 1.89 bits per heavy atom. The minimum atomic E-state index is -0.0305. The maximum atomic E-state index is 13.0. The standard InChI is InChI=1S/C22H24N2O3/c1-14-10-18(27-2)8-9-19(14)22(26)24-13-16-11-17(24)12-20(16)23-21(25)15-6-4-3-5-7-15/h3-10,16-17,20H,11-13H2,1-2H3,(H,23,25)/t16-,17-,20-/m0/s1. The average molecular weight is 364 g/mol. The van der Waals surface area contributed by atoms with Crippen LogP contribution in [0.25, 0.3) is 0 Å². The Kier molecular flexibility index (Phi) is 4.60. The first-order chi connectivity index (χ1) is 13.1. The molecule has 3 atom stereocenters. The van der Waals surface area contributed by atoms with Gasteiger partial charge in [0.25, 0.3) is 11.8 Å². The molecule has 2 aliphatic rings. The fraction of sp³-hybridized carbons (Fsp3) is 0.364. The average Bonchev–Trinajstić information content (AvgIpc) is 3.28. The second kappa shape index (κ2) is 7.06. The van der Waals surface area contributed by atoms with Crippen molar-refractivity contribution in [2.75, 3.05) is 13.7 Å². The number of methoxy groups -OCH3 is 1. The van der Waals surface area contributed by atoms with Crippen molar-refractivity contribution in [1.29, 1.82) is 0 Å². The van der Waals surface area contributed by atoms with Crippen LogP contribution >= 0.6 is 0 Å². The highest BCUT2D eigenvalue weighted by atomic mass is 16.5. The van der Waals surface area contributed by atoms with Gasteiger partial charge in [0.1, 0.15) is 5.75 Å². The summed E-state index contributed by atoms with van der Waals surface area (Å²) in [6.45, 7) is 2.64. The molecule has 1 saturated heterocycles. The van der Waals surface area contributed by atoms with Gasteiger partial charge in [-0.05, 0) is 61.6 Å². The van der Waals surface area contributed by atoms with Crippen LogP contribution < -0.4 is 10.1 Å². The van der Waals surface area contributed by atoms with Crippen molar-refractivity contribution >= 4 is 11.8 Å². The highest BCUT2D eigenvalue weighted by Crippen LogP contribution is 2.39. The molecule has 5 heteroatoms. The predicted octanol–water partition coefficient (Wildman–Crippen LogP) is 3.04. The molecule has 1 heterocycles. The Bertz CT molecular complexity index is 865. The van der Waals surface area contributed by atoms with Crippen LogP contribution in [-0.4, -0.2) is 42.5 Å². The second-order valence-corrected chi connectivity index (χ2v) is 7.47. The summed E-state index contributed by atoms with van der Waals surface area (Å²) in [4.78, 5) is 27.4. The number of carbonyl (C=O) groups excluding carboxylic acids is 2. The highest BCUT2D eigenvalue weighted by Gasteiger charge is 2.47. The summed E-state index contributed by atoms with van der Waals surface area (Å²) in [5.41, 5.74) is 2.34. The van der Waals surface area contributed by atoms with E-state index < -0.39 is 0 Å². The SMILES string of the molecule is COc1ccc(C(=O)N2C[C@@H]3C[C@H]2C[C@@H]3NC(=O)c2ccccc2)c(C)c1. The van der Waals surface area contributed by atoms with Gasteiger partial charge in [0.2, 0.25) is 0 Å². The van der Waals surface area contributed by atoms with E-state index in [1.54, 1.807) is 7.11 Å². The van der Waals surface area contributed by atoms with Gasteiger partial charge in [0, 0.05) is 29.8 Å². The molecule has 2 bridgehead atoms. The van der Waals surface area contributed by atoms with Gasteiger partial charge in [0.05, 0.1) is 7.11 Å². The van der Waals surface area contributed by atoms with Crippen molar-refractivity contribution < 1.29 is 14.3 Å². The Balaban J connectivity index is 1.41. The zero-order chi connectivity index (χ0) is 19.0. The lowest BCUT2D eigenvalue weighted by atomic mass is 10.0. The molecule has 4 rings (SSSR count). The Morgan fingerprint density at radius 1 is 1.11 bits per heavy atom. The molecule has 27 heavy (non-hydrogen) atoms. The molecule has 2 amide bonds. The Hall–Kier alpha value is -2.82. The van der Waals surface area contributed by atoms with Crippen LogP contribution in [0.2, 0.25) is 0 Å². The molecule has 0 unspecified atom stereocenters. The van der Waals surface area contributed by atoms with Gasteiger partial charge >= 0.3 is 0 Å². The van der Waals surface area contributed by atoms with Gasteiger partial charge in [-0.3, -0.25) is 9.59 Å². The first kappa shape index (κ1) is 17.6. The number of ether oxygens (including phenoxy) is 1. The zero-order valence-corrected chi connectivity index (χ0v) is 15.6. The summed E-state index contributed by atoms with van der Waals surface area (Å²) in [5.74, 6) is 1.13. The molecule has 0 radical (unpaired) electrons. The predicted molar refractivity (Wildman–Crippen MR) is 103 cm³/mol. The van der Waals surface area contributed by atoms with Crippen molar-refractivity contribution in [3.8, 4) is 5.75 Å². The lowest BCUT2D eigenvalue weighted by Gasteiger charge is -2.32. The Morgan fingerprint density at radius 3 is 2.52 bits per heavy atom. The largest absolute Gasteiger partial charge is 0.497 e. The van der Waals surface area contributed by atoms with E-state index in [0.29, 0.717) is 18.0 Å². The van der Waals surface area contributed by atoms with Crippen molar-refractivity contribution in [1.82, 2.24) is 10.2 Å². The minimum absolute atomic E-state index is 0.0305. The molecule has 1 aliphatic carbocycles. The highest BCUT2D eigenvalue weighted by molar-refractivity contribution is 5.96. The number of nitrogens with one attached hydrogen (secondary N) is 1. The van der Waals surface area contributed by atoms with E-state index in [0.717, 1.165) is 29.7 Å². The van der Waals surface area contributed by atoms with Crippen molar-refractivity contribution in [3.63, 3.8) is 0 Å². The van der Waals surface area contributed by atoms with Crippen molar-refractivity contribution in [3.05, 3.63) is 65.2 Å². The topological polar surface area (TPSA) is 58.6 Å². The number of fused-ring (bicyclic) bond motifs is 2. The van der Waals surface area contributed by atoms with Gasteiger partial charge in [-0.2, -0.15) is 0 Å². The number of piperidine rings is 1. The molecule has 1 N–H and O–H groups in total. The van der Waals surface area contributed by atoms with Crippen LogP contribution in [0.3, 0.4) is 0 Å². The fourth-order valence-corrected chi connectivity index (χ4v) is 4.38. The maximum absolute atomic E-state index is 13.0. The molecule has 5 nitrogen and oxygen atoms in total. The molecule has 1 aliphatic heterocycles. The molecule has 0 spiro atoms. The minimum Gasteiger partial charge on any atom is -0.497 e. The van der Waals surface area contributed by atoms with Gasteiger partial charge in [-0.1, -0.05) is 18.2 Å². The third-order valence-electron chi connectivity index (χ3n) is 5.82. The van der Waals surface area contributed by atoms with Crippen LogP contribution in [-0.2, 0) is 0 Å². The number of hydrogen-bond acceptors (Lipinski definition) is 3. The van der Waals surface area contributed by atoms with Crippen molar-refractivity contribution in [2.24, 2.45) is 5.92 Å². The summed E-state index contributed by atoms with van der Waals surface area (Å²) in [6.07, 6.45) is 1.78. The lowest BCUT2D eigenvalue weighted by molar-refractivity contribution is 0.0679. The van der Waals surface area contributed by atoms with E-state index >= 15 is 0 Å². The van der Waals surface area contributed by atoms with Crippen LogP contribution in [0.4, 0.5) is 0 Å². The van der Waals surface area contributed by atoms with Crippen molar-refractivity contribution in [2.45, 2.75) is 31.8 Å². The third kappa shape index (κ3) is 3.29. The van der Waals surface area contributed by atoms with Gasteiger partial charge in [0.15, 0.2) is 0 Å². The van der Waals surface area contributed by atoms with Crippen LogP contribution in [0.1, 0.15) is 39.1 Å². The van der Waals surface area contributed by atoms with Crippen LogP contribution in [0, 0.1) is 12.8 Å². The molecular formula is C22H24N2O3. The first-order valence-corrected chi connectivity index (χ1v) is 9.38. The molecular weight excluding hydrogens is 340 g/mol. The molecule has 2 aromatic carbocycles. The number of rotatable bonds is 4. The van der Waals surface area contributed by atoms with E-state index in [9.17, 15) is 9.59 Å². The number of carbonyl (C=O) groups is 2. The number of likely N-dealkylation sites (tertiary alicyclic amines) is 1. The van der Waals surface area contributed by atoms with Gasteiger partial charge in [-0.15, -0.1) is 0 Å². The molecule has 2 fully saturated rings. The van der Waals surface area contributed by atoms with E-state index in [-0.39, 0.29) is 23.9 Å². The van der Waals surface area contributed by atoms with Gasteiger partial charge < -0.3 is 15.0 Å². The molecule has 1 saturated carbocycles. The number of amides is 2. The molecule has 140 valence electrons. The monoisotopic (exact) mass is 364 g/mol. The molecule has 0 aromatic heterocycles. The van der Waals surface area contributed by atoms with E-state index in [1.807, 2.05) is 60.4 Å². The normalized spacial score (nSPS) is 23.3. The van der Waals surface area contributed by atoms with E-state index in [1.165, 1.54) is 0 Å². The van der Waals surface area contributed by atoms with E-state index in [4.69, 9.17) is 4.74 Å². The quantitative estimate of drug-likeness (QED) is 0.907. The second-order valence-electron chi connectivity index (χ2n) is 7.47. The fourth-order valence-electron chi connectivity index (χ4n) is 4.38. The molecule has 2 aromatic rings. The zero-order valence-electron chi connectivity index (χ0n) is 15.6. The third-order valence-corrected chi connectivity index (χ3v) is 5.82. The summed E-state index contributed by atoms with van der Waals surface area (Å²) in [7, 11) is 1.62. The summed E-state index contributed by atoms with van der Waals surface area (Å²) >= 11 is 0. The summed E-state index contributed by atoms with van der Waals surface area (Å²) < 4.78 is 5.23. The van der Waals surface area contributed by atoms with E-state index in [2.05, 4.69) is 5.32 Å². The Labute approximate surface area is 159 Å². The summed E-state index contributed by atoms with van der Waals surface area (Å²) in [6, 6.07) is 15.2. The smallest absolute Gasteiger partial charge is 0.254 e. The number of benzene rings is 2. The lowest BCUT2D eigenvalue weighted by Crippen LogP contribution is -2.47. The first-order valence-electron chi connectivity index (χ1n) is 9.38. The number of aryl methyl sites for hydroxylation is 1. The number of hydrogen-bond donors (Lipinski definition) is 1. The van der Waals surface area contributed by atoms with Crippen LogP contribution in [0.15, 0.2) is 48.5 Å². The maximum Gasteiger partial charge on any atom is 0.254 e. The van der Waals surface area contributed by atoms with Crippen LogP contribution in [0.5, 0.6) is 5.75 Å². The summed E-state index contributed by atoms with van der Waals surface area (Å²) in [5, 5.41) is 3.16. The number of nitrogens with zero attached hydrogens (tertiary/aromatic N) is 1. The van der Waals surface area contributed by atoms with Gasteiger partial charge in [-0.25, -0.2) is 0 Å².